The molecule has 0 N–H and O–H groups in total. The van der Waals surface area contributed by atoms with Gasteiger partial charge in [0.05, 0.1) is 11.6 Å². The minimum atomic E-state index is -3.63. The molecule has 0 aliphatic carbocycles. The molecule has 2 aliphatic rings. The zero-order chi connectivity index (χ0) is 19.0. The van der Waals surface area contributed by atoms with Crippen molar-refractivity contribution in [3.63, 3.8) is 0 Å². The standard InChI is InChI=1S/C19H23N3O4S/c1-2-15-13-26-19(23)22(15)16-8-11-21(12-9-16)27(24,25)17-7-3-5-14-6-4-10-20-18(14)17/h3-7,10,15-16H,2,8-9,11-13H2,1H3. The third kappa shape index (κ3) is 3.17. The van der Waals surface area contributed by atoms with Crippen LogP contribution in [0.1, 0.15) is 26.2 Å². The van der Waals surface area contributed by atoms with E-state index < -0.39 is 10.0 Å². The van der Waals surface area contributed by atoms with Crippen LogP contribution in [0.3, 0.4) is 0 Å². The molecule has 1 unspecified atom stereocenters. The summed E-state index contributed by atoms with van der Waals surface area (Å²) in [5.41, 5.74) is 0.497. The lowest BCUT2D eigenvalue weighted by Crippen LogP contribution is -2.49. The lowest BCUT2D eigenvalue weighted by Gasteiger charge is -2.37. The van der Waals surface area contributed by atoms with Gasteiger partial charge in [-0.2, -0.15) is 4.31 Å². The molecule has 0 bridgehead atoms. The van der Waals surface area contributed by atoms with Crippen LogP contribution in [0.15, 0.2) is 41.4 Å². The quantitative estimate of drug-likeness (QED) is 0.803. The molecule has 7 nitrogen and oxygen atoms in total. The number of rotatable bonds is 4. The molecule has 0 saturated carbocycles. The summed E-state index contributed by atoms with van der Waals surface area (Å²) < 4.78 is 33.1. The first-order chi connectivity index (χ1) is 13.0. The molecule has 2 saturated heterocycles. The van der Waals surface area contributed by atoms with Crippen LogP contribution in [-0.4, -0.2) is 60.5 Å². The smallest absolute Gasteiger partial charge is 0.410 e. The number of piperidine rings is 1. The Morgan fingerprint density at radius 3 is 2.67 bits per heavy atom. The van der Waals surface area contributed by atoms with E-state index in [2.05, 4.69) is 4.98 Å². The Morgan fingerprint density at radius 1 is 1.19 bits per heavy atom. The molecule has 1 aromatic carbocycles. The van der Waals surface area contributed by atoms with E-state index in [1.165, 1.54) is 4.31 Å². The molecule has 0 radical (unpaired) electrons. The van der Waals surface area contributed by atoms with Gasteiger partial charge < -0.3 is 4.74 Å². The lowest BCUT2D eigenvalue weighted by atomic mass is 10.0. The van der Waals surface area contributed by atoms with Gasteiger partial charge in [-0.25, -0.2) is 13.2 Å². The van der Waals surface area contributed by atoms with Crippen molar-refractivity contribution in [2.24, 2.45) is 0 Å². The van der Waals surface area contributed by atoms with Crippen LogP contribution >= 0.6 is 0 Å². The molecule has 2 fully saturated rings. The maximum absolute atomic E-state index is 13.2. The molecule has 27 heavy (non-hydrogen) atoms. The Morgan fingerprint density at radius 2 is 1.93 bits per heavy atom. The molecule has 8 heteroatoms. The number of aromatic nitrogens is 1. The highest BCUT2D eigenvalue weighted by Gasteiger charge is 2.40. The fourth-order valence-corrected chi connectivity index (χ4v) is 5.65. The molecule has 1 atom stereocenters. The molecule has 0 spiro atoms. The Labute approximate surface area is 159 Å². The first-order valence-corrected chi connectivity index (χ1v) is 10.8. The average Bonchev–Trinajstić information content (AvgIpc) is 3.08. The van der Waals surface area contributed by atoms with Crippen LogP contribution in [0.25, 0.3) is 10.9 Å². The number of ether oxygens (including phenoxy) is 1. The summed E-state index contributed by atoms with van der Waals surface area (Å²) >= 11 is 0. The summed E-state index contributed by atoms with van der Waals surface area (Å²) in [6.45, 7) is 3.23. The maximum atomic E-state index is 13.2. The van der Waals surface area contributed by atoms with Gasteiger partial charge in [-0.15, -0.1) is 0 Å². The normalized spacial score (nSPS) is 22.3. The second-order valence-corrected chi connectivity index (χ2v) is 8.92. The number of cyclic esters (lactones) is 1. The van der Waals surface area contributed by atoms with Crippen LogP contribution in [0.2, 0.25) is 0 Å². The predicted molar refractivity (Wildman–Crippen MR) is 101 cm³/mol. The second kappa shape index (κ2) is 7.09. The molecule has 1 aromatic heterocycles. The van der Waals surface area contributed by atoms with Gasteiger partial charge in [0, 0.05) is 30.7 Å². The van der Waals surface area contributed by atoms with Crippen molar-refractivity contribution >= 4 is 27.0 Å². The molecule has 1 amide bonds. The number of nitrogens with zero attached hydrogens (tertiary/aromatic N) is 3. The van der Waals surface area contributed by atoms with E-state index in [9.17, 15) is 13.2 Å². The topological polar surface area (TPSA) is 79.8 Å². The second-order valence-electron chi connectivity index (χ2n) is 7.01. The van der Waals surface area contributed by atoms with Crippen LogP contribution < -0.4 is 0 Å². The first kappa shape index (κ1) is 18.2. The van der Waals surface area contributed by atoms with Crippen LogP contribution in [-0.2, 0) is 14.8 Å². The predicted octanol–water partition coefficient (Wildman–Crippen LogP) is 2.62. The molecule has 144 valence electrons. The van der Waals surface area contributed by atoms with Gasteiger partial charge in [-0.3, -0.25) is 9.88 Å². The van der Waals surface area contributed by atoms with Gasteiger partial charge in [0.15, 0.2) is 0 Å². The summed E-state index contributed by atoms with van der Waals surface area (Å²) in [7, 11) is -3.63. The number of pyridine rings is 1. The molecule has 2 aliphatic heterocycles. The van der Waals surface area contributed by atoms with Crippen molar-refractivity contribution in [1.29, 1.82) is 0 Å². The lowest BCUT2D eigenvalue weighted by molar-refractivity contribution is 0.124. The van der Waals surface area contributed by atoms with Crippen molar-refractivity contribution in [3.8, 4) is 0 Å². The fraction of sp³-hybridized carbons (Fsp3) is 0.474. The van der Waals surface area contributed by atoms with E-state index in [-0.39, 0.29) is 23.1 Å². The number of fused-ring (bicyclic) bond motifs is 1. The van der Waals surface area contributed by atoms with Crippen molar-refractivity contribution in [1.82, 2.24) is 14.2 Å². The Hall–Kier alpha value is -2.19. The number of hydrogen-bond acceptors (Lipinski definition) is 5. The van der Waals surface area contributed by atoms with Crippen molar-refractivity contribution in [2.45, 2.75) is 43.2 Å². The van der Waals surface area contributed by atoms with Crippen LogP contribution in [0, 0.1) is 0 Å². The van der Waals surface area contributed by atoms with E-state index in [1.807, 2.05) is 24.0 Å². The highest BCUT2D eigenvalue weighted by molar-refractivity contribution is 7.89. The van der Waals surface area contributed by atoms with Gasteiger partial charge in [0.1, 0.15) is 11.5 Å². The third-order valence-corrected chi connectivity index (χ3v) is 7.44. The molecule has 2 aromatic rings. The highest BCUT2D eigenvalue weighted by Crippen LogP contribution is 2.29. The Kier molecular flexibility index (Phi) is 4.77. The minimum absolute atomic E-state index is 0.0297. The zero-order valence-electron chi connectivity index (χ0n) is 15.2. The zero-order valence-corrected chi connectivity index (χ0v) is 16.1. The average molecular weight is 389 g/mol. The van der Waals surface area contributed by atoms with Gasteiger partial charge in [0.25, 0.3) is 0 Å². The fourth-order valence-electron chi connectivity index (χ4n) is 4.02. The Balaban J connectivity index is 1.54. The number of sulfonamides is 1. The SMILES string of the molecule is CCC1COC(=O)N1C1CCN(S(=O)(=O)c2cccc3cccnc23)CC1. The van der Waals surface area contributed by atoms with Crippen LogP contribution in [0.5, 0.6) is 0 Å². The molecular formula is C19H23N3O4S. The largest absolute Gasteiger partial charge is 0.447 e. The van der Waals surface area contributed by atoms with Crippen LogP contribution in [0.4, 0.5) is 4.79 Å². The summed E-state index contributed by atoms with van der Waals surface area (Å²) in [6, 6.07) is 8.99. The highest BCUT2D eigenvalue weighted by atomic mass is 32.2. The maximum Gasteiger partial charge on any atom is 0.410 e. The number of hydrogen-bond donors (Lipinski definition) is 0. The minimum Gasteiger partial charge on any atom is -0.447 e. The summed E-state index contributed by atoms with van der Waals surface area (Å²) in [5, 5.41) is 0.805. The van der Waals surface area contributed by atoms with Crippen molar-refractivity contribution in [2.75, 3.05) is 19.7 Å². The monoisotopic (exact) mass is 389 g/mol. The molecule has 4 rings (SSSR count). The third-order valence-electron chi connectivity index (χ3n) is 5.51. The van der Waals surface area contributed by atoms with Gasteiger partial charge >= 0.3 is 6.09 Å². The van der Waals surface area contributed by atoms with E-state index in [0.29, 0.717) is 38.1 Å². The van der Waals surface area contributed by atoms with E-state index in [4.69, 9.17) is 4.74 Å². The first-order valence-electron chi connectivity index (χ1n) is 9.31. The van der Waals surface area contributed by atoms with Crippen molar-refractivity contribution < 1.29 is 17.9 Å². The summed E-state index contributed by atoms with van der Waals surface area (Å²) in [5.74, 6) is 0. The summed E-state index contributed by atoms with van der Waals surface area (Å²) in [4.78, 5) is 18.4. The van der Waals surface area contributed by atoms with Gasteiger partial charge in [-0.1, -0.05) is 25.1 Å². The van der Waals surface area contributed by atoms with E-state index in [1.54, 1.807) is 24.4 Å². The van der Waals surface area contributed by atoms with Gasteiger partial charge in [-0.05, 0) is 31.4 Å². The van der Waals surface area contributed by atoms with Gasteiger partial charge in [0.2, 0.25) is 10.0 Å². The Bertz CT molecular complexity index is 949. The number of para-hydroxylation sites is 1. The molecule has 3 heterocycles. The number of amides is 1. The van der Waals surface area contributed by atoms with Crippen molar-refractivity contribution in [3.05, 3.63) is 36.5 Å². The number of carbonyl (C=O) groups excluding carboxylic acids is 1. The van der Waals surface area contributed by atoms with E-state index in [0.717, 1.165) is 11.8 Å². The summed E-state index contributed by atoms with van der Waals surface area (Å²) in [6.07, 6.45) is 3.40. The number of carbonyl (C=O) groups is 1. The molecular weight excluding hydrogens is 366 g/mol. The van der Waals surface area contributed by atoms with E-state index >= 15 is 0 Å². The number of benzene rings is 1.